The molecule has 1 rings (SSSR count). The van der Waals surface area contributed by atoms with Gasteiger partial charge in [-0.15, -0.1) is 0 Å². The van der Waals surface area contributed by atoms with Gasteiger partial charge in [-0.25, -0.2) is 0 Å². The van der Waals surface area contributed by atoms with Crippen LogP contribution in [0.3, 0.4) is 0 Å². The van der Waals surface area contributed by atoms with E-state index in [0.717, 1.165) is 19.0 Å². The van der Waals surface area contributed by atoms with Crippen molar-refractivity contribution in [3.8, 4) is 0 Å². The molecule has 1 unspecified atom stereocenters. The molecule has 11 heavy (non-hydrogen) atoms. The van der Waals surface area contributed by atoms with E-state index in [2.05, 4.69) is 24.1 Å². The van der Waals surface area contributed by atoms with Crippen molar-refractivity contribution >= 4 is 0 Å². The Morgan fingerprint density at radius 2 is 2.55 bits per heavy atom. The third-order valence-corrected chi connectivity index (χ3v) is 2.39. The molecule has 0 aliphatic carbocycles. The van der Waals surface area contributed by atoms with Crippen LogP contribution in [0.1, 0.15) is 19.8 Å². The van der Waals surface area contributed by atoms with Gasteiger partial charge in [0.2, 0.25) is 0 Å². The van der Waals surface area contributed by atoms with Crippen molar-refractivity contribution in [2.24, 2.45) is 11.7 Å². The number of likely N-dealkylation sites (tertiary alicyclic amines) is 1. The Hall–Kier alpha value is -0.880. The summed E-state index contributed by atoms with van der Waals surface area (Å²) in [7, 11) is 0. The molecule has 1 aliphatic heterocycles. The molecular weight excluding hydrogens is 136 g/mol. The lowest BCUT2D eigenvalue weighted by Crippen LogP contribution is -2.24. The number of nitrogens with zero attached hydrogens (tertiary/aromatic N) is 1. The molecule has 0 aromatic rings. The molecule has 1 atom stereocenters. The Morgan fingerprint density at radius 1 is 1.82 bits per heavy atom. The van der Waals surface area contributed by atoms with Gasteiger partial charge in [0.15, 0.2) is 0 Å². The van der Waals surface area contributed by atoms with Gasteiger partial charge in [-0.1, -0.05) is 25.7 Å². The molecule has 0 amide bonds. The van der Waals surface area contributed by atoms with E-state index in [-0.39, 0.29) is 0 Å². The zero-order valence-electron chi connectivity index (χ0n) is 7.14. The Bertz CT molecular complexity index is 180. The molecule has 2 heteroatoms. The third kappa shape index (κ3) is 1.78. The number of hydrogen-bond acceptors (Lipinski definition) is 2. The minimum Gasteiger partial charge on any atom is -0.379 e. The van der Waals surface area contributed by atoms with E-state index in [4.69, 9.17) is 5.73 Å². The van der Waals surface area contributed by atoms with Gasteiger partial charge in [0.1, 0.15) is 5.82 Å². The van der Waals surface area contributed by atoms with Crippen molar-refractivity contribution in [2.75, 3.05) is 13.1 Å². The van der Waals surface area contributed by atoms with Crippen molar-refractivity contribution in [1.82, 2.24) is 4.90 Å². The van der Waals surface area contributed by atoms with E-state index >= 15 is 0 Å². The highest BCUT2D eigenvalue weighted by Gasteiger charge is 2.20. The first kappa shape index (κ1) is 8.22. The van der Waals surface area contributed by atoms with Crippen LogP contribution in [0.15, 0.2) is 18.1 Å². The first-order valence-corrected chi connectivity index (χ1v) is 4.18. The second kappa shape index (κ2) is 3.49. The molecule has 1 heterocycles. The minimum absolute atomic E-state index is 0.709. The monoisotopic (exact) mass is 152 g/mol. The summed E-state index contributed by atoms with van der Waals surface area (Å²) >= 11 is 0. The molecule has 0 aromatic carbocycles. The van der Waals surface area contributed by atoms with Crippen LogP contribution in [-0.2, 0) is 0 Å². The lowest BCUT2D eigenvalue weighted by molar-refractivity contribution is 0.397. The van der Waals surface area contributed by atoms with Gasteiger partial charge in [0, 0.05) is 13.1 Å². The highest BCUT2D eigenvalue weighted by atomic mass is 15.2. The molecule has 0 bridgehead atoms. The fraction of sp³-hybridized carbons (Fsp3) is 0.667. The van der Waals surface area contributed by atoms with Crippen molar-refractivity contribution in [3.63, 3.8) is 0 Å². The number of rotatable bonds is 2. The van der Waals surface area contributed by atoms with Gasteiger partial charge < -0.3 is 10.6 Å². The predicted molar refractivity (Wildman–Crippen MR) is 46.8 cm³/mol. The lowest BCUT2D eigenvalue weighted by atomic mass is 10.1. The Balaban J connectivity index is 2.48. The van der Waals surface area contributed by atoms with E-state index in [1.165, 1.54) is 12.8 Å². The summed E-state index contributed by atoms with van der Waals surface area (Å²) in [4.78, 5) is 2.15. The fourth-order valence-corrected chi connectivity index (χ4v) is 1.50. The van der Waals surface area contributed by atoms with Crippen LogP contribution >= 0.6 is 0 Å². The van der Waals surface area contributed by atoms with E-state index in [0.29, 0.717) is 5.82 Å². The molecule has 1 fully saturated rings. The van der Waals surface area contributed by atoms with Gasteiger partial charge in [0.05, 0.1) is 0 Å². The summed E-state index contributed by atoms with van der Waals surface area (Å²) in [6, 6.07) is 0. The van der Waals surface area contributed by atoms with E-state index in [9.17, 15) is 0 Å². The summed E-state index contributed by atoms with van der Waals surface area (Å²) in [6.07, 6.45) is 2.51. The summed E-state index contributed by atoms with van der Waals surface area (Å²) in [5, 5.41) is 0. The highest BCUT2D eigenvalue weighted by molar-refractivity contribution is 4.95. The SMILES string of the molecule is C=C=C(N)N1CCC(CC)C1. The quantitative estimate of drug-likeness (QED) is 0.604. The predicted octanol–water partition coefficient (Wildman–Crippen LogP) is 1.30. The van der Waals surface area contributed by atoms with Gasteiger partial charge in [-0.2, -0.15) is 0 Å². The maximum Gasteiger partial charge on any atom is 0.143 e. The molecule has 62 valence electrons. The molecule has 2 nitrogen and oxygen atoms in total. The zero-order chi connectivity index (χ0) is 8.27. The molecular formula is C9H16N2. The molecule has 0 spiro atoms. The van der Waals surface area contributed by atoms with Crippen LogP contribution in [0.5, 0.6) is 0 Å². The summed E-state index contributed by atoms with van der Waals surface area (Å²) in [5.41, 5.74) is 8.39. The second-order valence-electron chi connectivity index (χ2n) is 3.07. The first-order chi connectivity index (χ1) is 5.27. The van der Waals surface area contributed by atoms with Crippen molar-refractivity contribution < 1.29 is 0 Å². The average Bonchev–Trinajstić information content (AvgIpc) is 2.50. The standard InChI is InChI=1S/C9H16N2/c1-3-8-5-6-11(7-8)9(10)4-2/h8H,2-3,5-7,10H2,1H3. The topological polar surface area (TPSA) is 29.3 Å². The van der Waals surface area contributed by atoms with E-state index < -0.39 is 0 Å². The van der Waals surface area contributed by atoms with Crippen LogP contribution in [0.2, 0.25) is 0 Å². The molecule has 2 N–H and O–H groups in total. The molecule has 0 radical (unpaired) electrons. The lowest BCUT2D eigenvalue weighted by Gasteiger charge is -2.15. The van der Waals surface area contributed by atoms with Crippen LogP contribution in [0.25, 0.3) is 0 Å². The van der Waals surface area contributed by atoms with Crippen LogP contribution in [-0.4, -0.2) is 18.0 Å². The molecule has 0 saturated carbocycles. The summed E-state index contributed by atoms with van der Waals surface area (Å²) < 4.78 is 0. The average molecular weight is 152 g/mol. The second-order valence-corrected chi connectivity index (χ2v) is 3.07. The largest absolute Gasteiger partial charge is 0.379 e. The van der Waals surface area contributed by atoms with Crippen LogP contribution < -0.4 is 5.73 Å². The summed E-state index contributed by atoms with van der Waals surface area (Å²) in [5.74, 6) is 1.53. The fourth-order valence-electron chi connectivity index (χ4n) is 1.50. The van der Waals surface area contributed by atoms with Gasteiger partial charge in [-0.05, 0) is 12.3 Å². The van der Waals surface area contributed by atoms with Crippen LogP contribution in [0.4, 0.5) is 0 Å². The van der Waals surface area contributed by atoms with Crippen molar-refractivity contribution in [1.29, 1.82) is 0 Å². The normalized spacial score (nSPS) is 23.4. The van der Waals surface area contributed by atoms with Crippen LogP contribution in [0, 0.1) is 5.92 Å². The molecule has 1 saturated heterocycles. The minimum atomic E-state index is 0.709. The van der Waals surface area contributed by atoms with E-state index in [1.54, 1.807) is 0 Å². The maximum atomic E-state index is 5.66. The van der Waals surface area contributed by atoms with Gasteiger partial charge >= 0.3 is 0 Å². The maximum absolute atomic E-state index is 5.66. The Morgan fingerprint density at radius 3 is 3.00 bits per heavy atom. The van der Waals surface area contributed by atoms with Gasteiger partial charge in [-0.3, -0.25) is 0 Å². The van der Waals surface area contributed by atoms with Crippen molar-refractivity contribution in [3.05, 3.63) is 18.1 Å². The smallest absolute Gasteiger partial charge is 0.143 e. The summed E-state index contributed by atoms with van der Waals surface area (Å²) in [6.45, 7) is 7.92. The third-order valence-electron chi connectivity index (χ3n) is 2.39. The van der Waals surface area contributed by atoms with Crippen molar-refractivity contribution in [2.45, 2.75) is 19.8 Å². The highest BCUT2D eigenvalue weighted by Crippen LogP contribution is 2.20. The number of nitrogens with two attached hydrogens (primary N) is 1. The molecule has 1 aliphatic rings. The Kier molecular flexibility index (Phi) is 2.61. The first-order valence-electron chi connectivity index (χ1n) is 4.18. The van der Waals surface area contributed by atoms with E-state index in [1.807, 2.05) is 0 Å². The zero-order valence-corrected chi connectivity index (χ0v) is 7.14. The van der Waals surface area contributed by atoms with Gasteiger partial charge in [0.25, 0.3) is 0 Å². The molecule has 0 aromatic heterocycles. The number of hydrogen-bond donors (Lipinski definition) is 1. The Labute approximate surface area is 68.4 Å².